The topological polar surface area (TPSA) is 107 Å². The van der Waals surface area contributed by atoms with Crippen molar-refractivity contribution in [2.45, 2.75) is 38.3 Å². The quantitative estimate of drug-likeness (QED) is 0.414. The van der Waals surface area contributed by atoms with Gasteiger partial charge in [0.05, 0.1) is 23.7 Å². The maximum Gasteiger partial charge on any atom is 0.228 e. The van der Waals surface area contributed by atoms with Gasteiger partial charge < -0.3 is 4.74 Å². The molecule has 1 saturated heterocycles. The minimum Gasteiger partial charge on any atom is -0.474 e. The van der Waals surface area contributed by atoms with Crippen LogP contribution in [0.3, 0.4) is 0 Å². The number of ether oxygens (including phenoxy) is 1. The summed E-state index contributed by atoms with van der Waals surface area (Å²) < 4.78 is 31.6. The first-order chi connectivity index (χ1) is 17.7. The molecule has 11 heteroatoms. The Kier molecular flexibility index (Phi) is 7.15. The van der Waals surface area contributed by atoms with E-state index >= 15 is 0 Å². The highest BCUT2D eigenvalue weighted by Gasteiger charge is 2.25. The molecular formula is C26H28ClN5O4S. The van der Waals surface area contributed by atoms with Gasteiger partial charge in [-0.3, -0.25) is 9.69 Å². The zero-order chi connectivity index (χ0) is 26.2. The van der Waals surface area contributed by atoms with Crippen molar-refractivity contribution in [1.29, 1.82) is 0 Å². The minimum absolute atomic E-state index is 0.0274. The number of likely N-dealkylation sites (tertiary alicyclic amines) is 1. The number of nitrogens with zero attached hydrogens (tertiary/aromatic N) is 5. The Morgan fingerprint density at radius 3 is 2.68 bits per heavy atom. The fourth-order valence-electron chi connectivity index (χ4n) is 4.68. The van der Waals surface area contributed by atoms with Crippen LogP contribution >= 0.6 is 11.6 Å². The van der Waals surface area contributed by atoms with Crippen LogP contribution in [0.5, 0.6) is 5.88 Å². The molecule has 9 nitrogen and oxygen atoms in total. The first kappa shape index (κ1) is 25.6. The Balaban J connectivity index is 1.21. The van der Waals surface area contributed by atoms with Gasteiger partial charge in [-0.05, 0) is 56.0 Å². The Morgan fingerprint density at radius 2 is 2.00 bits per heavy atom. The van der Waals surface area contributed by atoms with E-state index < -0.39 is 9.84 Å². The normalized spacial score (nSPS) is 19.2. The fourth-order valence-corrected chi connectivity index (χ4v) is 5.52. The number of hydrogen-bond donors (Lipinski definition) is 0. The third-order valence-electron chi connectivity index (χ3n) is 6.80. The van der Waals surface area contributed by atoms with Gasteiger partial charge in [-0.15, -0.1) is 0 Å². The molecule has 0 spiro atoms. The highest BCUT2D eigenvalue weighted by Crippen LogP contribution is 2.30. The Bertz CT molecular complexity index is 1510. The number of rotatable bonds is 7. The summed E-state index contributed by atoms with van der Waals surface area (Å²) in [6, 6.07) is 5.24. The molecule has 2 aliphatic rings. The fraction of sp³-hybridized carbons (Fsp3) is 0.385. The second-order valence-electron chi connectivity index (χ2n) is 9.53. The van der Waals surface area contributed by atoms with Gasteiger partial charge in [0.15, 0.2) is 21.3 Å². The van der Waals surface area contributed by atoms with E-state index in [9.17, 15) is 13.2 Å². The maximum absolute atomic E-state index is 12.7. The number of aryl methyl sites for hydroxylation is 1. The number of halogens is 1. The van der Waals surface area contributed by atoms with Crippen LogP contribution in [0.25, 0.3) is 11.0 Å². The summed E-state index contributed by atoms with van der Waals surface area (Å²) in [5.74, 6) is 0.564. The summed E-state index contributed by atoms with van der Waals surface area (Å²) >= 11 is 6.08. The Hall–Kier alpha value is -3.08. The Labute approximate surface area is 220 Å². The molecule has 1 aromatic carbocycles. The van der Waals surface area contributed by atoms with E-state index in [-0.39, 0.29) is 17.9 Å². The average Bonchev–Trinajstić information content (AvgIpc) is 3.31. The van der Waals surface area contributed by atoms with Crippen molar-refractivity contribution in [3.63, 3.8) is 0 Å². The molecule has 5 rings (SSSR count). The number of carbonyl (C=O) groups is 1. The molecule has 1 unspecified atom stereocenters. The van der Waals surface area contributed by atoms with Crippen molar-refractivity contribution in [2.24, 2.45) is 0 Å². The van der Waals surface area contributed by atoms with Crippen LogP contribution in [0, 0.1) is 6.92 Å². The molecule has 0 N–H and O–H groups in total. The second-order valence-corrected chi connectivity index (χ2v) is 11.9. The molecule has 2 aromatic heterocycles. The number of ketones is 1. The molecule has 0 amide bonds. The molecule has 1 aliphatic carbocycles. The van der Waals surface area contributed by atoms with E-state index in [0.29, 0.717) is 45.4 Å². The van der Waals surface area contributed by atoms with Crippen LogP contribution in [0.4, 0.5) is 0 Å². The van der Waals surface area contributed by atoms with Crippen molar-refractivity contribution >= 4 is 38.3 Å². The van der Waals surface area contributed by atoms with Gasteiger partial charge in [-0.25, -0.2) is 23.1 Å². The first-order valence-electron chi connectivity index (χ1n) is 12.1. The Morgan fingerprint density at radius 1 is 1.22 bits per heavy atom. The highest BCUT2D eigenvalue weighted by atomic mass is 35.5. The molecule has 3 aromatic rings. The number of hydrogen-bond acceptors (Lipinski definition) is 8. The van der Waals surface area contributed by atoms with Gasteiger partial charge in [0.1, 0.15) is 17.8 Å². The molecule has 1 aliphatic heterocycles. The van der Waals surface area contributed by atoms with E-state index in [4.69, 9.17) is 16.3 Å². The number of Topliss-reactive ketones (excluding diaryl/α,β-unsaturated/α-hetero) is 1. The van der Waals surface area contributed by atoms with Crippen molar-refractivity contribution < 1.29 is 17.9 Å². The summed E-state index contributed by atoms with van der Waals surface area (Å²) in [4.78, 5) is 23.9. The van der Waals surface area contributed by atoms with Gasteiger partial charge in [-0.1, -0.05) is 23.8 Å². The molecular weight excluding hydrogens is 514 g/mol. The summed E-state index contributed by atoms with van der Waals surface area (Å²) in [5.41, 5.74) is 2.21. The largest absolute Gasteiger partial charge is 0.474 e. The van der Waals surface area contributed by atoms with Crippen molar-refractivity contribution in [1.82, 2.24) is 24.6 Å². The molecule has 3 heterocycles. The first-order valence-corrected chi connectivity index (χ1v) is 14.4. The number of piperidine rings is 1. The third kappa shape index (κ3) is 5.61. The van der Waals surface area contributed by atoms with Gasteiger partial charge in [0.25, 0.3) is 0 Å². The number of carbonyl (C=O) groups excluding carboxylic acids is 1. The van der Waals surface area contributed by atoms with Crippen LogP contribution in [0.1, 0.15) is 41.2 Å². The van der Waals surface area contributed by atoms with E-state index in [1.165, 1.54) is 12.6 Å². The van der Waals surface area contributed by atoms with E-state index in [1.807, 2.05) is 19.1 Å². The van der Waals surface area contributed by atoms with Crippen LogP contribution in [0.2, 0.25) is 5.02 Å². The summed E-state index contributed by atoms with van der Waals surface area (Å²) in [7, 11) is -3.24. The predicted molar refractivity (Wildman–Crippen MR) is 142 cm³/mol. The monoisotopic (exact) mass is 541 g/mol. The number of aromatic nitrogens is 4. The number of allylic oxidation sites excluding steroid dienone is 3. The van der Waals surface area contributed by atoms with Crippen LogP contribution in [-0.2, 0) is 9.84 Å². The van der Waals surface area contributed by atoms with Crippen LogP contribution in [-0.4, -0.2) is 70.8 Å². The lowest BCUT2D eigenvalue weighted by Crippen LogP contribution is -2.41. The highest BCUT2D eigenvalue weighted by molar-refractivity contribution is 7.94. The zero-order valence-electron chi connectivity index (χ0n) is 20.7. The smallest absolute Gasteiger partial charge is 0.228 e. The van der Waals surface area contributed by atoms with Gasteiger partial charge in [0.2, 0.25) is 5.88 Å². The van der Waals surface area contributed by atoms with Crippen molar-refractivity contribution in [3.05, 3.63) is 70.0 Å². The van der Waals surface area contributed by atoms with Crippen LogP contribution < -0.4 is 4.74 Å². The van der Waals surface area contributed by atoms with Crippen molar-refractivity contribution in [2.75, 3.05) is 25.9 Å². The summed E-state index contributed by atoms with van der Waals surface area (Å²) in [6.07, 6.45) is 11.5. The maximum atomic E-state index is 12.7. The van der Waals surface area contributed by atoms with E-state index in [2.05, 4.69) is 20.0 Å². The van der Waals surface area contributed by atoms with Gasteiger partial charge in [-0.2, -0.15) is 5.10 Å². The SMILES string of the molecule is Cc1cc(C(=O)CN2CCC(Oc3ncnc4c3cnn4C3C=CC(S(C)(=O)=O)=CC3)CC2)ccc1Cl. The number of fused-ring (bicyclic) bond motifs is 1. The lowest BCUT2D eigenvalue weighted by molar-refractivity contribution is 0.0782. The number of sulfone groups is 1. The van der Waals surface area contributed by atoms with E-state index in [1.54, 1.807) is 35.2 Å². The molecule has 1 atom stereocenters. The molecule has 37 heavy (non-hydrogen) atoms. The molecule has 194 valence electrons. The molecule has 0 radical (unpaired) electrons. The third-order valence-corrected chi connectivity index (χ3v) is 8.38. The second kappa shape index (κ2) is 10.4. The molecule has 0 bridgehead atoms. The van der Waals surface area contributed by atoms with E-state index in [0.717, 1.165) is 31.5 Å². The summed E-state index contributed by atoms with van der Waals surface area (Å²) in [6.45, 7) is 3.76. The molecule has 0 saturated carbocycles. The number of benzene rings is 1. The van der Waals surface area contributed by atoms with Crippen molar-refractivity contribution in [3.8, 4) is 5.88 Å². The lowest BCUT2D eigenvalue weighted by atomic mass is 10.0. The van der Waals surface area contributed by atoms with Crippen LogP contribution in [0.15, 0.2) is 53.9 Å². The van der Waals surface area contributed by atoms with Gasteiger partial charge >= 0.3 is 0 Å². The standard InChI is InChI=1S/C26H28ClN5O4S/c1-17-13-18(3-8-23(17)27)24(33)15-31-11-9-20(10-12-31)36-26-22-14-30-32(25(22)28-16-29-26)19-4-6-21(7-5-19)37(2,34)35/h3-4,6-8,13-14,16,19-20H,5,9-12,15H2,1-2H3. The molecule has 1 fully saturated rings. The lowest BCUT2D eigenvalue weighted by Gasteiger charge is -2.31. The summed E-state index contributed by atoms with van der Waals surface area (Å²) in [5, 5.41) is 5.87. The van der Waals surface area contributed by atoms with Gasteiger partial charge in [0, 0.05) is 29.9 Å². The predicted octanol–water partition coefficient (Wildman–Crippen LogP) is 3.94. The zero-order valence-corrected chi connectivity index (χ0v) is 22.2. The minimum atomic E-state index is -3.24. The average molecular weight is 542 g/mol.